The molecule has 2 amide bonds. The van der Waals surface area contributed by atoms with E-state index in [0.29, 0.717) is 55.5 Å². The highest BCUT2D eigenvalue weighted by molar-refractivity contribution is 5.91. The predicted molar refractivity (Wildman–Crippen MR) is 141 cm³/mol. The van der Waals surface area contributed by atoms with Crippen molar-refractivity contribution >= 4 is 17.7 Å². The Hall–Kier alpha value is -3.42. The van der Waals surface area contributed by atoms with Gasteiger partial charge in [-0.3, -0.25) is 4.79 Å². The normalized spacial score (nSPS) is 10.5. The average molecular weight is 501 g/mol. The van der Waals surface area contributed by atoms with Crippen LogP contribution >= 0.6 is 0 Å². The van der Waals surface area contributed by atoms with E-state index in [1.807, 2.05) is 29.2 Å². The average Bonchev–Trinajstić information content (AvgIpc) is 2.88. The van der Waals surface area contributed by atoms with Crippen LogP contribution in [0.1, 0.15) is 57.4 Å². The number of urea groups is 1. The van der Waals surface area contributed by atoms with E-state index in [1.54, 1.807) is 32.4 Å². The van der Waals surface area contributed by atoms with Gasteiger partial charge in [0.25, 0.3) is 0 Å². The van der Waals surface area contributed by atoms with Crippen molar-refractivity contribution in [2.45, 2.75) is 58.3 Å². The SMILES string of the molecule is CCCCCCCN(CCc1cccc(OCCCC(=O)O)c1)C(=O)Nc1ccc(OC)cc1OC. The number of hydrogen-bond donors (Lipinski definition) is 2. The number of nitrogens with one attached hydrogen (secondary N) is 1. The van der Waals surface area contributed by atoms with Gasteiger partial charge < -0.3 is 29.5 Å². The standard InChI is InChI=1S/C28H40N2O6/c1-4-5-6-7-8-17-30(28(33)29-25-15-14-23(34-2)21-26(25)35-3)18-16-22-11-9-12-24(20-22)36-19-10-13-27(31)32/h9,11-12,14-15,20-21H,4-8,10,13,16-19H2,1-3H3,(H,29,33)(H,31,32). The van der Waals surface area contributed by atoms with Crippen molar-refractivity contribution in [3.05, 3.63) is 48.0 Å². The van der Waals surface area contributed by atoms with Crippen LogP contribution in [0.2, 0.25) is 0 Å². The maximum Gasteiger partial charge on any atom is 0.321 e. The molecule has 8 nitrogen and oxygen atoms in total. The molecule has 198 valence electrons. The van der Waals surface area contributed by atoms with Crippen LogP contribution in [0.15, 0.2) is 42.5 Å². The number of amides is 2. The van der Waals surface area contributed by atoms with Crippen molar-refractivity contribution in [1.29, 1.82) is 0 Å². The Morgan fingerprint density at radius 1 is 0.917 bits per heavy atom. The van der Waals surface area contributed by atoms with E-state index in [-0.39, 0.29) is 12.5 Å². The quantitative estimate of drug-likeness (QED) is 0.259. The number of rotatable bonds is 17. The maximum absolute atomic E-state index is 13.2. The molecule has 0 saturated heterocycles. The van der Waals surface area contributed by atoms with E-state index in [2.05, 4.69) is 12.2 Å². The number of carboxylic acids is 1. The fourth-order valence-corrected chi connectivity index (χ4v) is 3.79. The summed E-state index contributed by atoms with van der Waals surface area (Å²) in [6.45, 7) is 3.76. The molecule has 0 spiro atoms. The Labute approximate surface area is 214 Å². The largest absolute Gasteiger partial charge is 0.497 e. The Balaban J connectivity index is 2.01. The number of carboxylic acid groups (broad SMARTS) is 1. The monoisotopic (exact) mass is 500 g/mol. The van der Waals surface area contributed by atoms with Crippen molar-refractivity contribution in [2.24, 2.45) is 0 Å². The molecule has 0 heterocycles. The van der Waals surface area contributed by atoms with E-state index >= 15 is 0 Å². The first-order valence-electron chi connectivity index (χ1n) is 12.7. The highest BCUT2D eigenvalue weighted by atomic mass is 16.5. The molecule has 36 heavy (non-hydrogen) atoms. The van der Waals surface area contributed by atoms with E-state index in [9.17, 15) is 9.59 Å². The van der Waals surface area contributed by atoms with E-state index < -0.39 is 5.97 Å². The van der Waals surface area contributed by atoms with Crippen LogP contribution < -0.4 is 19.5 Å². The van der Waals surface area contributed by atoms with Crippen molar-refractivity contribution in [1.82, 2.24) is 4.90 Å². The molecule has 2 rings (SSSR count). The number of carbonyl (C=O) groups is 2. The van der Waals surface area contributed by atoms with Gasteiger partial charge in [-0.05, 0) is 49.1 Å². The number of hydrogen-bond acceptors (Lipinski definition) is 5. The first kappa shape index (κ1) is 28.8. The summed E-state index contributed by atoms with van der Waals surface area (Å²) in [5.41, 5.74) is 1.65. The van der Waals surface area contributed by atoms with Crippen LogP contribution in [0.5, 0.6) is 17.2 Å². The summed E-state index contributed by atoms with van der Waals surface area (Å²) in [5.74, 6) is 1.07. The van der Waals surface area contributed by atoms with E-state index in [0.717, 1.165) is 18.4 Å². The molecule has 0 aromatic heterocycles. The van der Waals surface area contributed by atoms with Gasteiger partial charge in [0.15, 0.2) is 0 Å². The zero-order valence-corrected chi connectivity index (χ0v) is 21.8. The molecule has 0 atom stereocenters. The van der Waals surface area contributed by atoms with Gasteiger partial charge in [0.1, 0.15) is 17.2 Å². The molecule has 0 aliphatic heterocycles. The molecule has 8 heteroatoms. The zero-order chi connectivity index (χ0) is 26.2. The third-order valence-corrected chi connectivity index (χ3v) is 5.84. The number of aliphatic carboxylic acids is 1. The molecule has 0 aliphatic rings. The first-order valence-corrected chi connectivity index (χ1v) is 12.7. The molecule has 0 fully saturated rings. The van der Waals surface area contributed by atoms with Crippen molar-refractivity contribution in [2.75, 3.05) is 39.2 Å². The van der Waals surface area contributed by atoms with Crippen LogP contribution in [0.25, 0.3) is 0 Å². The highest BCUT2D eigenvalue weighted by Crippen LogP contribution is 2.29. The van der Waals surface area contributed by atoms with Crippen LogP contribution in [-0.2, 0) is 11.2 Å². The molecule has 0 bridgehead atoms. The minimum atomic E-state index is -0.826. The minimum absolute atomic E-state index is 0.0843. The Morgan fingerprint density at radius 2 is 1.72 bits per heavy atom. The second-order valence-corrected chi connectivity index (χ2v) is 8.64. The molecule has 2 aromatic rings. The van der Waals surface area contributed by atoms with Crippen LogP contribution in [0.3, 0.4) is 0 Å². The van der Waals surface area contributed by atoms with E-state index in [4.69, 9.17) is 19.3 Å². The van der Waals surface area contributed by atoms with E-state index in [1.165, 1.54) is 19.3 Å². The number of nitrogens with zero attached hydrogens (tertiary/aromatic N) is 1. The molecule has 2 aromatic carbocycles. The van der Waals surface area contributed by atoms with Gasteiger partial charge in [-0.15, -0.1) is 0 Å². The van der Waals surface area contributed by atoms with Crippen molar-refractivity contribution < 1.29 is 28.9 Å². The number of unbranched alkanes of at least 4 members (excludes halogenated alkanes) is 4. The second kappa shape index (κ2) is 16.3. The lowest BCUT2D eigenvalue weighted by Gasteiger charge is -2.24. The summed E-state index contributed by atoms with van der Waals surface area (Å²) < 4.78 is 16.4. The highest BCUT2D eigenvalue weighted by Gasteiger charge is 2.16. The fraction of sp³-hybridized carbons (Fsp3) is 0.500. The van der Waals surface area contributed by atoms with Crippen LogP contribution in [0, 0.1) is 0 Å². The molecular formula is C28H40N2O6. The third kappa shape index (κ3) is 10.5. The van der Waals surface area contributed by atoms with Gasteiger partial charge in [0, 0.05) is 25.6 Å². The lowest BCUT2D eigenvalue weighted by atomic mass is 10.1. The molecular weight excluding hydrogens is 460 g/mol. The molecule has 2 N–H and O–H groups in total. The fourth-order valence-electron chi connectivity index (χ4n) is 3.79. The third-order valence-electron chi connectivity index (χ3n) is 5.84. The lowest BCUT2D eigenvalue weighted by molar-refractivity contribution is -0.137. The van der Waals surface area contributed by atoms with Crippen LogP contribution in [-0.4, -0.2) is 55.9 Å². The lowest BCUT2D eigenvalue weighted by Crippen LogP contribution is -2.37. The summed E-state index contributed by atoms with van der Waals surface area (Å²) in [5, 5.41) is 11.8. The maximum atomic E-state index is 13.2. The smallest absolute Gasteiger partial charge is 0.321 e. The number of carbonyl (C=O) groups excluding carboxylic acids is 1. The zero-order valence-electron chi connectivity index (χ0n) is 21.8. The molecule has 0 unspecified atom stereocenters. The molecule has 0 radical (unpaired) electrons. The van der Waals surface area contributed by atoms with Crippen molar-refractivity contribution in [3.8, 4) is 17.2 Å². The number of benzene rings is 2. The van der Waals surface area contributed by atoms with Gasteiger partial charge in [-0.2, -0.15) is 0 Å². The van der Waals surface area contributed by atoms with Gasteiger partial charge in [0.2, 0.25) is 0 Å². The summed E-state index contributed by atoms with van der Waals surface area (Å²) >= 11 is 0. The molecule has 0 saturated carbocycles. The molecule has 0 aliphatic carbocycles. The van der Waals surface area contributed by atoms with Gasteiger partial charge >= 0.3 is 12.0 Å². The summed E-state index contributed by atoms with van der Waals surface area (Å²) in [7, 11) is 3.15. The van der Waals surface area contributed by atoms with Gasteiger partial charge in [-0.1, -0.05) is 44.7 Å². The second-order valence-electron chi connectivity index (χ2n) is 8.64. The Bertz CT molecular complexity index is 949. The van der Waals surface area contributed by atoms with Crippen molar-refractivity contribution in [3.63, 3.8) is 0 Å². The predicted octanol–water partition coefficient (Wildman–Crippen LogP) is 5.99. The van der Waals surface area contributed by atoms with Gasteiger partial charge in [0.05, 0.1) is 26.5 Å². The van der Waals surface area contributed by atoms with Crippen LogP contribution in [0.4, 0.5) is 10.5 Å². The Morgan fingerprint density at radius 3 is 2.44 bits per heavy atom. The number of anilines is 1. The minimum Gasteiger partial charge on any atom is -0.497 e. The van der Waals surface area contributed by atoms with Gasteiger partial charge in [-0.25, -0.2) is 4.79 Å². The Kier molecular flexibility index (Phi) is 13.0. The number of methoxy groups -OCH3 is 2. The first-order chi connectivity index (χ1) is 17.5. The summed E-state index contributed by atoms with van der Waals surface area (Å²) in [4.78, 5) is 25.7. The summed E-state index contributed by atoms with van der Waals surface area (Å²) in [6.07, 6.45) is 6.79. The summed E-state index contributed by atoms with van der Waals surface area (Å²) in [6, 6.07) is 12.9. The number of ether oxygens (including phenoxy) is 3. The topological polar surface area (TPSA) is 97.3 Å².